The lowest BCUT2D eigenvalue weighted by Crippen LogP contribution is -2.60. The molecule has 3 rings (SSSR count). The van der Waals surface area contributed by atoms with E-state index in [1.54, 1.807) is 0 Å². The summed E-state index contributed by atoms with van der Waals surface area (Å²) in [6, 6.07) is 1.00. The first-order valence-electron chi connectivity index (χ1n) is 10.6. The molecule has 0 aromatic carbocycles. The van der Waals surface area contributed by atoms with Crippen molar-refractivity contribution in [3.8, 4) is 0 Å². The molecule has 2 N–H and O–H groups in total. The van der Waals surface area contributed by atoms with Gasteiger partial charge in [-0.3, -0.25) is 15.0 Å². The van der Waals surface area contributed by atoms with Crippen molar-refractivity contribution in [1.29, 1.82) is 0 Å². The Morgan fingerprint density at radius 2 is 1.62 bits per heavy atom. The number of Topliss-reactive ketones (excluding diaryl/α,β-unsaturated/α-hetero) is 1. The Hall–Kier alpha value is -0.450. The van der Waals surface area contributed by atoms with Gasteiger partial charge in [0.25, 0.3) is 0 Å². The number of carbonyl (C=O) groups is 1. The highest BCUT2D eigenvalue weighted by molar-refractivity contribution is 5.89. The molecule has 6 unspecified atom stereocenters. The van der Waals surface area contributed by atoms with Crippen LogP contribution >= 0.6 is 0 Å². The van der Waals surface area contributed by atoms with Crippen molar-refractivity contribution in [2.24, 2.45) is 22.7 Å². The molecule has 0 aliphatic carbocycles. The lowest BCUT2D eigenvalue weighted by atomic mass is 9.65. The molecular formula is C22H41N3O. The monoisotopic (exact) mass is 363 g/mol. The highest BCUT2D eigenvalue weighted by Gasteiger charge is 2.64. The first-order valence-corrected chi connectivity index (χ1v) is 10.6. The minimum absolute atomic E-state index is 0.0258. The van der Waals surface area contributed by atoms with E-state index in [1.807, 2.05) is 0 Å². The average molecular weight is 364 g/mol. The summed E-state index contributed by atoms with van der Waals surface area (Å²) in [5.74, 6) is 1.23. The number of nitrogens with one attached hydrogen (secondary N) is 2. The van der Waals surface area contributed by atoms with Crippen molar-refractivity contribution in [2.45, 2.75) is 105 Å². The Morgan fingerprint density at radius 3 is 2.12 bits per heavy atom. The van der Waals surface area contributed by atoms with Crippen molar-refractivity contribution in [1.82, 2.24) is 15.5 Å². The topological polar surface area (TPSA) is 44.4 Å². The molecule has 0 aromatic rings. The molecule has 3 saturated heterocycles. The van der Waals surface area contributed by atoms with Crippen molar-refractivity contribution in [3.05, 3.63) is 0 Å². The third-order valence-electron chi connectivity index (χ3n) is 6.81. The second kappa shape index (κ2) is 6.28. The molecule has 150 valence electrons. The Bertz CT molecular complexity index is 551. The molecule has 0 spiro atoms. The Labute approximate surface area is 160 Å². The molecule has 3 aliphatic heterocycles. The van der Waals surface area contributed by atoms with Crippen LogP contribution in [0.3, 0.4) is 0 Å². The molecule has 0 radical (unpaired) electrons. The third kappa shape index (κ3) is 3.27. The molecular weight excluding hydrogens is 322 g/mol. The molecule has 0 amide bonds. The van der Waals surface area contributed by atoms with Crippen molar-refractivity contribution in [3.63, 3.8) is 0 Å². The zero-order chi connectivity index (χ0) is 19.7. The zero-order valence-electron chi connectivity index (χ0n) is 18.4. The maximum absolute atomic E-state index is 13.7. The zero-order valence-corrected chi connectivity index (χ0v) is 18.4. The summed E-state index contributed by atoms with van der Waals surface area (Å²) in [5.41, 5.74) is -0.283. The highest BCUT2D eigenvalue weighted by atomic mass is 16.1. The largest absolute Gasteiger partial charge is 0.312 e. The van der Waals surface area contributed by atoms with E-state index < -0.39 is 0 Å². The van der Waals surface area contributed by atoms with Crippen LogP contribution in [0.25, 0.3) is 0 Å². The van der Waals surface area contributed by atoms with Gasteiger partial charge in [-0.25, -0.2) is 0 Å². The summed E-state index contributed by atoms with van der Waals surface area (Å²) >= 11 is 0. The lowest BCUT2D eigenvalue weighted by molar-refractivity contribution is -0.136. The van der Waals surface area contributed by atoms with Gasteiger partial charge < -0.3 is 5.32 Å². The summed E-state index contributed by atoms with van der Waals surface area (Å²) in [6.07, 6.45) is 2.78. The molecule has 0 saturated carbocycles. The summed E-state index contributed by atoms with van der Waals surface area (Å²) in [5, 5.41) is 7.79. The second-order valence-electron chi connectivity index (χ2n) is 11.9. The van der Waals surface area contributed by atoms with E-state index >= 15 is 0 Å². The summed E-state index contributed by atoms with van der Waals surface area (Å²) in [4.78, 5) is 16.2. The Kier molecular flexibility index (Phi) is 4.90. The van der Waals surface area contributed by atoms with Gasteiger partial charge in [-0.1, -0.05) is 41.5 Å². The van der Waals surface area contributed by atoms with E-state index in [9.17, 15) is 4.79 Å². The van der Waals surface area contributed by atoms with E-state index in [0.29, 0.717) is 29.7 Å². The first-order chi connectivity index (χ1) is 11.7. The van der Waals surface area contributed by atoms with Gasteiger partial charge in [0, 0.05) is 29.0 Å². The number of likely N-dealkylation sites (tertiary alicyclic amines) is 1. The number of nitrogens with zero attached hydrogens (tertiary/aromatic N) is 1. The van der Waals surface area contributed by atoms with Crippen LogP contribution in [-0.4, -0.2) is 47.1 Å². The summed E-state index contributed by atoms with van der Waals surface area (Å²) in [7, 11) is 0. The lowest BCUT2D eigenvalue weighted by Gasteiger charge is -2.46. The Balaban J connectivity index is 2.11. The fourth-order valence-corrected chi connectivity index (χ4v) is 5.89. The van der Waals surface area contributed by atoms with Crippen molar-refractivity contribution in [2.75, 3.05) is 6.54 Å². The number of carbonyl (C=O) groups excluding carboxylic acids is 1. The van der Waals surface area contributed by atoms with Gasteiger partial charge >= 0.3 is 0 Å². The van der Waals surface area contributed by atoms with Crippen molar-refractivity contribution >= 4 is 5.78 Å². The van der Waals surface area contributed by atoms with Gasteiger partial charge in [-0.15, -0.1) is 0 Å². The maximum Gasteiger partial charge on any atom is 0.155 e. The van der Waals surface area contributed by atoms with Crippen LogP contribution in [-0.2, 0) is 4.79 Å². The van der Waals surface area contributed by atoms with Crippen LogP contribution in [0.15, 0.2) is 0 Å². The second-order valence-corrected chi connectivity index (χ2v) is 11.9. The normalized spacial score (nSPS) is 39.0. The van der Waals surface area contributed by atoms with E-state index in [-0.39, 0.29) is 28.6 Å². The van der Waals surface area contributed by atoms with Crippen LogP contribution in [0.2, 0.25) is 0 Å². The molecule has 3 fully saturated rings. The summed E-state index contributed by atoms with van der Waals surface area (Å²) in [6.45, 7) is 21.2. The maximum atomic E-state index is 13.7. The van der Waals surface area contributed by atoms with Crippen LogP contribution in [0.4, 0.5) is 0 Å². The number of hydrogen-bond donors (Lipinski definition) is 2. The molecule has 3 aliphatic rings. The quantitative estimate of drug-likeness (QED) is 0.749. The molecule has 26 heavy (non-hydrogen) atoms. The molecule has 0 aromatic heterocycles. The Morgan fingerprint density at radius 1 is 1.00 bits per heavy atom. The van der Waals surface area contributed by atoms with Crippen LogP contribution in [0.1, 0.15) is 75.2 Å². The predicted molar refractivity (Wildman–Crippen MR) is 108 cm³/mol. The highest BCUT2D eigenvalue weighted by Crippen LogP contribution is 2.53. The summed E-state index contributed by atoms with van der Waals surface area (Å²) < 4.78 is 0. The van der Waals surface area contributed by atoms with Gasteiger partial charge in [-0.05, 0) is 51.5 Å². The fraction of sp³-hybridized carbons (Fsp3) is 0.955. The van der Waals surface area contributed by atoms with E-state index in [1.165, 1.54) is 12.8 Å². The SMILES string of the molecule is CC(C)(C)C(=O)C1C(C(C)(C)C)C2C3NCCCC3NC2N1C(C)(C)C. The van der Waals surface area contributed by atoms with E-state index in [2.05, 4.69) is 77.8 Å². The van der Waals surface area contributed by atoms with Crippen LogP contribution in [0.5, 0.6) is 0 Å². The fourth-order valence-electron chi connectivity index (χ4n) is 5.89. The average Bonchev–Trinajstić information content (AvgIpc) is 2.97. The number of hydrogen-bond acceptors (Lipinski definition) is 4. The van der Waals surface area contributed by atoms with Gasteiger partial charge in [0.15, 0.2) is 5.78 Å². The number of piperidine rings is 1. The van der Waals surface area contributed by atoms with E-state index in [0.717, 1.165) is 6.54 Å². The van der Waals surface area contributed by atoms with Gasteiger partial charge in [0.1, 0.15) is 0 Å². The third-order valence-corrected chi connectivity index (χ3v) is 6.81. The van der Waals surface area contributed by atoms with E-state index in [4.69, 9.17) is 0 Å². The van der Waals surface area contributed by atoms with Crippen molar-refractivity contribution < 1.29 is 4.79 Å². The van der Waals surface area contributed by atoms with Gasteiger partial charge in [-0.2, -0.15) is 0 Å². The first kappa shape index (κ1) is 20.3. The molecule has 4 heteroatoms. The predicted octanol–water partition coefficient (Wildman–Crippen LogP) is 3.41. The van der Waals surface area contributed by atoms with Gasteiger partial charge in [0.05, 0.1) is 12.2 Å². The van der Waals surface area contributed by atoms with Crippen LogP contribution < -0.4 is 10.6 Å². The number of rotatable bonds is 1. The number of fused-ring (bicyclic) bond motifs is 3. The van der Waals surface area contributed by atoms with Gasteiger partial charge in [0.2, 0.25) is 0 Å². The molecule has 3 heterocycles. The molecule has 6 atom stereocenters. The minimum Gasteiger partial charge on any atom is -0.312 e. The van der Waals surface area contributed by atoms with Crippen LogP contribution in [0, 0.1) is 22.7 Å². The molecule has 0 bridgehead atoms. The number of ketones is 1. The smallest absolute Gasteiger partial charge is 0.155 e. The standard InChI is InChI=1S/C22H41N3O/c1-20(2,3)15-14-16-13(11-10-12-23-16)24-19(14)25(22(7,8)9)17(15)18(26)21(4,5)6/h13-17,19,23-24H,10-12H2,1-9H3. The minimum atomic E-state index is -0.324. The molecule has 4 nitrogen and oxygen atoms in total.